The fraction of sp³-hybridized carbons (Fsp3) is 0.200. The third kappa shape index (κ3) is 4.71. The summed E-state index contributed by atoms with van der Waals surface area (Å²) in [6, 6.07) is 14.2. The van der Waals surface area contributed by atoms with E-state index in [-0.39, 0.29) is 11.9 Å². The number of amides is 3. The number of hydrogen-bond donors (Lipinski definition) is 2. The normalized spacial score (nSPS) is 15.8. The highest BCUT2D eigenvalue weighted by Gasteiger charge is 2.34. The molecule has 3 amide bonds. The molecule has 0 aliphatic carbocycles. The van der Waals surface area contributed by atoms with Crippen LogP contribution in [0.5, 0.6) is 0 Å². The van der Waals surface area contributed by atoms with Crippen LogP contribution < -0.4 is 10.6 Å². The Bertz CT molecular complexity index is 1070. The molecule has 0 bridgehead atoms. The van der Waals surface area contributed by atoms with Gasteiger partial charge in [0.1, 0.15) is 11.0 Å². The van der Waals surface area contributed by atoms with E-state index in [2.05, 4.69) is 52.7 Å². The van der Waals surface area contributed by atoms with Crippen LogP contribution >= 0.6 is 43.2 Å². The molecule has 0 radical (unpaired) electrons. The molecule has 1 saturated heterocycles. The molecule has 1 aromatic heterocycles. The van der Waals surface area contributed by atoms with Crippen molar-refractivity contribution in [3.05, 3.63) is 57.5 Å². The van der Waals surface area contributed by atoms with Gasteiger partial charge in [-0.3, -0.25) is 10.1 Å². The number of para-hydroxylation sites is 1. The van der Waals surface area contributed by atoms with Crippen molar-refractivity contribution in [2.75, 3.05) is 17.2 Å². The van der Waals surface area contributed by atoms with Gasteiger partial charge in [0.25, 0.3) is 0 Å². The second kappa shape index (κ2) is 9.23. The van der Waals surface area contributed by atoms with Gasteiger partial charge in [-0.05, 0) is 53.0 Å². The summed E-state index contributed by atoms with van der Waals surface area (Å²) >= 11 is 8.12. The Labute approximate surface area is 194 Å². The van der Waals surface area contributed by atoms with Crippen LogP contribution in [0.2, 0.25) is 0 Å². The molecule has 2 heterocycles. The molecule has 0 saturated carbocycles. The average molecular weight is 551 g/mol. The Morgan fingerprint density at radius 2 is 1.80 bits per heavy atom. The molecule has 30 heavy (non-hydrogen) atoms. The topological polar surface area (TPSA) is 87.2 Å². The minimum absolute atomic E-state index is 0.256. The monoisotopic (exact) mass is 549 g/mol. The van der Waals surface area contributed by atoms with Crippen molar-refractivity contribution in [2.45, 2.75) is 18.9 Å². The predicted octanol–water partition coefficient (Wildman–Crippen LogP) is 5.37. The molecule has 3 aromatic rings. The van der Waals surface area contributed by atoms with Crippen molar-refractivity contribution >= 4 is 66.0 Å². The zero-order valence-corrected chi connectivity index (χ0v) is 19.6. The van der Waals surface area contributed by atoms with E-state index in [9.17, 15) is 9.59 Å². The second-order valence-corrected chi connectivity index (χ2v) is 9.42. The first-order chi connectivity index (χ1) is 14.5. The smallest absolute Gasteiger partial charge is 0.312 e. The Balaban J connectivity index is 1.42. The summed E-state index contributed by atoms with van der Waals surface area (Å²) in [5.74, 6) is -0.256. The molecular formula is C20H17Br2N5O2S. The quantitative estimate of drug-likeness (QED) is 0.457. The number of carbonyl (C=O) groups is 2. The number of nitrogens with zero attached hydrogens (tertiary/aromatic N) is 3. The highest BCUT2D eigenvalue weighted by Crippen LogP contribution is 2.29. The molecule has 7 nitrogen and oxygen atoms in total. The molecule has 4 rings (SSSR count). The SMILES string of the molecule is O=C(Nc1nnc(-c2ccc(Br)cc2)s1)[C@H]1CCCN1C(=O)Nc1ccccc1Br. The molecule has 0 unspecified atom stereocenters. The van der Waals surface area contributed by atoms with Crippen molar-refractivity contribution < 1.29 is 9.59 Å². The van der Waals surface area contributed by atoms with Crippen LogP contribution in [0.3, 0.4) is 0 Å². The van der Waals surface area contributed by atoms with E-state index in [1.807, 2.05) is 42.5 Å². The number of carbonyl (C=O) groups excluding carboxylic acids is 2. The minimum atomic E-state index is -0.549. The number of urea groups is 1. The lowest BCUT2D eigenvalue weighted by molar-refractivity contribution is -0.119. The van der Waals surface area contributed by atoms with Crippen molar-refractivity contribution in [1.29, 1.82) is 0 Å². The third-order valence-electron chi connectivity index (χ3n) is 4.68. The Morgan fingerprint density at radius 1 is 1.03 bits per heavy atom. The zero-order valence-electron chi connectivity index (χ0n) is 15.6. The molecule has 1 atom stereocenters. The van der Waals surface area contributed by atoms with Crippen molar-refractivity contribution in [2.24, 2.45) is 0 Å². The maximum atomic E-state index is 12.8. The number of rotatable bonds is 4. The highest BCUT2D eigenvalue weighted by molar-refractivity contribution is 9.10. The number of halogens is 2. The van der Waals surface area contributed by atoms with Crippen LogP contribution in [0, 0.1) is 0 Å². The maximum Gasteiger partial charge on any atom is 0.322 e. The van der Waals surface area contributed by atoms with Gasteiger partial charge < -0.3 is 10.2 Å². The van der Waals surface area contributed by atoms with Gasteiger partial charge in [-0.25, -0.2) is 4.79 Å². The molecule has 2 N–H and O–H groups in total. The molecular weight excluding hydrogens is 534 g/mol. The number of aromatic nitrogens is 2. The van der Waals surface area contributed by atoms with Gasteiger partial charge in [0, 0.05) is 21.1 Å². The van der Waals surface area contributed by atoms with Gasteiger partial charge in [0.15, 0.2) is 0 Å². The molecule has 154 valence electrons. The van der Waals surface area contributed by atoms with E-state index in [0.29, 0.717) is 28.8 Å². The highest BCUT2D eigenvalue weighted by atomic mass is 79.9. The van der Waals surface area contributed by atoms with Gasteiger partial charge in [0.05, 0.1) is 5.69 Å². The van der Waals surface area contributed by atoms with E-state index < -0.39 is 6.04 Å². The van der Waals surface area contributed by atoms with Crippen LogP contribution in [0.1, 0.15) is 12.8 Å². The van der Waals surface area contributed by atoms with Gasteiger partial charge >= 0.3 is 6.03 Å². The van der Waals surface area contributed by atoms with Gasteiger partial charge in [-0.1, -0.05) is 51.5 Å². The van der Waals surface area contributed by atoms with Crippen LogP contribution in [0.25, 0.3) is 10.6 Å². The number of likely N-dealkylation sites (tertiary alicyclic amines) is 1. The van der Waals surface area contributed by atoms with Crippen LogP contribution in [-0.2, 0) is 4.79 Å². The summed E-state index contributed by atoms with van der Waals surface area (Å²) in [7, 11) is 0. The molecule has 2 aromatic carbocycles. The van der Waals surface area contributed by atoms with Gasteiger partial charge in [-0.15, -0.1) is 10.2 Å². The van der Waals surface area contributed by atoms with Crippen LogP contribution in [0.15, 0.2) is 57.5 Å². The lowest BCUT2D eigenvalue weighted by Gasteiger charge is -2.24. The number of benzene rings is 2. The first-order valence-corrected chi connectivity index (χ1v) is 11.6. The van der Waals surface area contributed by atoms with E-state index in [0.717, 1.165) is 20.9 Å². The molecule has 10 heteroatoms. The first-order valence-electron chi connectivity index (χ1n) is 9.24. The lowest BCUT2D eigenvalue weighted by Crippen LogP contribution is -2.45. The molecule has 1 fully saturated rings. The molecule has 0 spiro atoms. The Hall–Kier alpha value is -2.30. The fourth-order valence-electron chi connectivity index (χ4n) is 3.20. The van der Waals surface area contributed by atoms with Crippen molar-refractivity contribution in [3.63, 3.8) is 0 Å². The first kappa shape index (κ1) is 21.0. The number of anilines is 2. The van der Waals surface area contributed by atoms with E-state index >= 15 is 0 Å². The maximum absolute atomic E-state index is 12.8. The summed E-state index contributed by atoms with van der Waals surface area (Å²) in [6.07, 6.45) is 1.37. The van der Waals surface area contributed by atoms with Gasteiger partial charge in [-0.2, -0.15) is 0 Å². The number of hydrogen-bond acceptors (Lipinski definition) is 5. The summed E-state index contributed by atoms with van der Waals surface area (Å²) in [5.41, 5.74) is 1.59. The molecule has 1 aliphatic heterocycles. The summed E-state index contributed by atoms with van der Waals surface area (Å²) in [4.78, 5) is 27.1. The van der Waals surface area contributed by atoms with Crippen LogP contribution in [0.4, 0.5) is 15.6 Å². The van der Waals surface area contributed by atoms with E-state index in [1.165, 1.54) is 11.3 Å². The van der Waals surface area contributed by atoms with E-state index in [4.69, 9.17) is 0 Å². The Kier molecular flexibility index (Phi) is 6.45. The van der Waals surface area contributed by atoms with Crippen molar-refractivity contribution in [1.82, 2.24) is 15.1 Å². The predicted molar refractivity (Wildman–Crippen MR) is 125 cm³/mol. The van der Waals surface area contributed by atoms with Gasteiger partial charge in [0.2, 0.25) is 11.0 Å². The molecule has 1 aliphatic rings. The van der Waals surface area contributed by atoms with Crippen molar-refractivity contribution in [3.8, 4) is 10.6 Å². The van der Waals surface area contributed by atoms with Crippen LogP contribution in [-0.4, -0.2) is 39.6 Å². The lowest BCUT2D eigenvalue weighted by atomic mass is 10.2. The largest absolute Gasteiger partial charge is 0.322 e. The standard InChI is InChI=1S/C20H17Br2N5O2S/c21-13-9-7-12(8-10-13)18-25-26-19(30-18)24-17(28)16-6-3-11-27(16)20(29)23-15-5-2-1-4-14(15)22/h1-2,4-5,7-10,16H,3,6,11H2,(H,23,29)(H,24,26,28)/t16-/m1/s1. The summed E-state index contributed by atoms with van der Waals surface area (Å²) < 4.78 is 1.76. The summed E-state index contributed by atoms with van der Waals surface area (Å²) in [5, 5.41) is 15.0. The second-order valence-electron chi connectivity index (χ2n) is 6.67. The third-order valence-corrected chi connectivity index (χ3v) is 6.79. The summed E-state index contributed by atoms with van der Waals surface area (Å²) in [6.45, 7) is 0.522. The Morgan fingerprint density at radius 3 is 2.57 bits per heavy atom. The van der Waals surface area contributed by atoms with E-state index in [1.54, 1.807) is 11.0 Å². The number of nitrogens with one attached hydrogen (secondary N) is 2. The average Bonchev–Trinajstić information content (AvgIpc) is 3.40. The fourth-order valence-corrected chi connectivity index (χ4v) is 4.60. The minimum Gasteiger partial charge on any atom is -0.312 e. The zero-order chi connectivity index (χ0) is 21.1.